The van der Waals surface area contributed by atoms with Crippen molar-refractivity contribution in [2.24, 2.45) is 34.1 Å². The van der Waals surface area contributed by atoms with E-state index in [2.05, 4.69) is 385 Å². The van der Waals surface area contributed by atoms with E-state index in [-0.39, 0.29) is 5.41 Å². The normalized spacial score (nSPS) is 12.3. The minimum atomic E-state index is -1.40. The third kappa shape index (κ3) is 23.2. The van der Waals surface area contributed by atoms with Crippen molar-refractivity contribution in [2.75, 3.05) is 0 Å². The Kier molecular flexibility index (Phi) is 33.3. The van der Waals surface area contributed by atoms with Crippen LogP contribution in [0, 0.1) is 40.5 Å². The first-order valence-electron chi connectivity index (χ1n) is 41.9. The molecule has 4 heterocycles. The smallest absolute Gasteiger partial charge is 0.201 e. The van der Waals surface area contributed by atoms with Gasteiger partial charge in [0.1, 0.15) is 28.2 Å². The van der Waals surface area contributed by atoms with E-state index >= 15 is 0 Å². The number of aromatic nitrogens is 4. The SMILES string of the molecule is CCC(CC)c1cc(-c2cc(C(C)(C)C)ccc2C)[n+](C)cc1[Si](C)(C)C.CCC(CC)c1cc(-c2cc(CC(C)C)ccc2C)[n+](C)cc1[Si](C)(C)C.CCC(CC)c1cc(-c2ccc(C)cc2C)[n+](C)cc1[Si](C)(C)C.CCC(CC)c1ccc(C)c(-c2cc(C(CC)CC)c([Si](C)(C)C)c[n+]2C)c1. The molecule has 0 aliphatic heterocycles. The lowest BCUT2D eigenvalue weighted by Crippen LogP contribution is -2.47. The Morgan fingerprint density at radius 3 is 0.896 bits per heavy atom. The lowest BCUT2D eigenvalue weighted by atomic mass is 9.84. The van der Waals surface area contributed by atoms with Crippen LogP contribution in [0.4, 0.5) is 0 Å². The van der Waals surface area contributed by atoms with Gasteiger partial charge >= 0.3 is 0 Å². The van der Waals surface area contributed by atoms with Crippen molar-refractivity contribution in [3.63, 3.8) is 0 Å². The molecule has 0 bridgehead atoms. The van der Waals surface area contributed by atoms with E-state index in [1.807, 2.05) is 0 Å². The molecule has 4 aromatic carbocycles. The number of aryl methyl sites for hydroxylation is 9. The molecule has 4 aromatic heterocycles. The maximum absolute atomic E-state index is 2.53. The lowest BCUT2D eigenvalue weighted by Gasteiger charge is -2.25. The average Bonchev–Trinajstić information content (AvgIpc) is 0.788. The van der Waals surface area contributed by atoms with Crippen LogP contribution in [0.25, 0.3) is 45.0 Å². The van der Waals surface area contributed by atoms with Crippen LogP contribution in [-0.2, 0) is 40.0 Å². The standard InChI is InChI=1S/C26H42NSi.2C25H40NSi.C22H34NSi/c1-10-20(11-2)22-15-14-19(5)23(16-22)25-17-24(21(12-3)13-4)26(18-27(25)6)28(7,8)9;1-11-19(12-2)22-16-23(26(7)17-24(22)27(8,9)10)21-15-20(25(4,5)6)14-13-18(21)3;1-10-21(11-2)23-16-24(26(6)17-25(23)27(7,8)9)22-15-20(14-18(3)4)13-12-19(22)5;1-9-18(10-2)20-14-21(19-12-11-16(3)13-17(19)4)23(5)15-22(20)24(6,7)8/h14-18,20-21H,10-13H2,1-9H3;13-17,19H,11-12H2,1-10H3;12-13,15-18,21H,10-11,14H2,1-9H3;11-15,18H,9-10H2,1-8H3/q4*+1. The van der Waals surface area contributed by atoms with E-state index in [1.165, 1.54) is 154 Å². The minimum absolute atomic E-state index is 0.164. The van der Waals surface area contributed by atoms with E-state index in [1.54, 1.807) is 43.0 Å². The first-order valence-corrected chi connectivity index (χ1v) is 55.9. The first-order chi connectivity index (χ1) is 49.3. The van der Waals surface area contributed by atoms with Gasteiger partial charge in [0.05, 0.1) is 32.3 Å². The number of benzene rings is 4. The number of hydrogen-bond donors (Lipinski definition) is 0. The Balaban J connectivity index is 0.000000254. The summed E-state index contributed by atoms with van der Waals surface area (Å²) in [5.74, 6) is 3.97. The summed E-state index contributed by atoms with van der Waals surface area (Å²) in [6.45, 7) is 75.6. The molecule has 0 N–H and O–H groups in total. The van der Waals surface area contributed by atoms with Crippen LogP contribution < -0.4 is 39.0 Å². The van der Waals surface area contributed by atoms with Gasteiger partial charge in [0.15, 0.2) is 24.8 Å². The molecule has 106 heavy (non-hydrogen) atoms. The molecule has 0 aliphatic carbocycles. The molecule has 0 atom stereocenters. The third-order valence-electron chi connectivity index (χ3n) is 23.4. The van der Waals surface area contributed by atoms with Gasteiger partial charge in [0.2, 0.25) is 22.8 Å². The molecule has 0 saturated carbocycles. The molecule has 8 heteroatoms. The van der Waals surface area contributed by atoms with Gasteiger partial charge < -0.3 is 0 Å². The van der Waals surface area contributed by atoms with Gasteiger partial charge in [-0.05, 0) is 232 Å². The highest BCUT2D eigenvalue weighted by Crippen LogP contribution is 2.36. The summed E-state index contributed by atoms with van der Waals surface area (Å²) in [5.41, 5.74) is 28.6. The molecule has 580 valence electrons. The topological polar surface area (TPSA) is 15.5 Å². The first kappa shape index (κ1) is 91.0. The second kappa shape index (κ2) is 38.8. The Labute approximate surface area is 657 Å². The van der Waals surface area contributed by atoms with Crippen molar-refractivity contribution in [2.45, 2.75) is 323 Å². The molecule has 0 fully saturated rings. The Bertz CT molecular complexity index is 4170. The molecule has 0 radical (unpaired) electrons. The second-order valence-corrected chi connectivity index (χ2v) is 57.7. The van der Waals surface area contributed by atoms with Gasteiger partial charge in [0.25, 0.3) is 0 Å². The highest BCUT2D eigenvalue weighted by atomic mass is 28.3. The van der Waals surface area contributed by atoms with Gasteiger partial charge in [-0.2, -0.15) is 0 Å². The van der Waals surface area contributed by atoms with E-state index in [0.717, 1.165) is 6.42 Å². The van der Waals surface area contributed by atoms with E-state index in [9.17, 15) is 0 Å². The van der Waals surface area contributed by atoms with Crippen molar-refractivity contribution in [1.29, 1.82) is 0 Å². The predicted octanol–water partition coefficient (Wildman–Crippen LogP) is 24.4. The summed E-state index contributed by atoms with van der Waals surface area (Å²) in [6, 6.07) is 38.0. The van der Waals surface area contributed by atoms with Crippen molar-refractivity contribution < 1.29 is 18.3 Å². The minimum Gasteiger partial charge on any atom is -0.201 e. The Morgan fingerprint density at radius 1 is 0.311 bits per heavy atom. The molecule has 4 nitrogen and oxygen atoms in total. The quantitative estimate of drug-likeness (QED) is 0.0400. The number of pyridine rings is 4. The van der Waals surface area contributed by atoms with Crippen LogP contribution in [0.5, 0.6) is 0 Å². The maximum Gasteiger partial charge on any atom is 0.212 e. The van der Waals surface area contributed by atoms with Crippen LogP contribution in [0.15, 0.2) is 122 Å². The number of nitrogens with zero attached hydrogens (tertiary/aromatic N) is 4. The highest BCUT2D eigenvalue weighted by molar-refractivity contribution is 6.90. The van der Waals surface area contributed by atoms with Crippen LogP contribution in [0.2, 0.25) is 78.6 Å². The summed E-state index contributed by atoms with van der Waals surface area (Å²) in [6.07, 6.45) is 23.0. The fourth-order valence-electron chi connectivity index (χ4n) is 16.4. The van der Waals surface area contributed by atoms with Crippen molar-refractivity contribution >= 4 is 53.0 Å². The van der Waals surface area contributed by atoms with E-state index in [0.29, 0.717) is 35.5 Å². The number of hydrogen-bond acceptors (Lipinski definition) is 0. The van der Waals surface area contributed by atoms with E-state index < -0.39 is 32.3 Å². The summed E-state index contributed by atoms with van der Waals surface area (Å²) in [4.78, 5) is 0. The van der Waals surface area contributed by atoms with Gasteiger partial charge in [-0.3, -0.25) is 0 Å². The Hall–Kier alpha value is -5.65. The molecule has 8 rings (SSSR count). The van der Waals surface area contributed by atoms with E-state index in [4.69, 9.17) is 0 Å². The van der Waals surface area contributed by atoms with Crippen molar-refractivity contribution in [1.82, 2.24) is 0 Å². The molecule has 0 aliphatic rings. The van der Waals surface area contributed by atoms with Crippen molar-refractivity contribution in [3.05, 3.63) is 189 Å². The second-order valence-electron chi connectivity index (χ2n) is 37.5. The van der Waals surface area contributed by atoms with Gasteiger partial charge in [-0.1, -0.05) is 237 Å². The maximum atomic E-state index is 2.53. The molecule has 0 saturated heterocycles. The van der Waals surface area contributed by atoms with Crippen LogP contribution in [0.1, 0.15) is 264 Å². The molecule has 0 amide bonds. The molecule has 8 aromatic rings. The van der Waals surface area contributed by atoms with Gasteiger partial charge in [-0.25, -0.2) is 18.3 Å². The highest BCUT2D eigenvalue weighted by Gasteiger charge is 2.34. The Morgan fingerprint density at radius 2 is 0.604 bits per heavy atom. The van der Waals surface area contributed by atoms with Gasteiger partial charge in [-0.15, -0.1) is 0 Å². The van der Waals surface area contributed by atoms with Crippen LogP contribution in [-0.4, -0.2) is 32.3 Å². The van der Waals surface area contributed by atoms with Gasteiger partial charge in [0, 0.05) is 67.3 Å². The molecule has 0 spiro atoms. The van der Waals surface area contributed by atoms with Crippen LogP contribution in [0.3, 0.4) is 0 Å². The predicted molar refractivity (Wildman–Crippen MR) is 482 cm³/mol. The molecule has 0 unspecified atom stereocenters. The summed E-state index contributed by atoms with van der Waals surface area (Å²) < 4.78 is 9.48. The zero-order valence-electron chi connectivity index (χ0n) is 75.1. The summed E-state index contributed by atoms with van der Waals surface area (Å²) in [7, 11) is 3.31. The molecular weight excluding hydrogens is 1350 g/mol. The zero-order valence-corrected chi connectivity index (χ0v) is 79.1. The number of rotatable bonds is 25. The third-order valence-corrected chi connectivity index (χ3v) is 31.5. The summed E-state index contributed by atoms with van der Waals surface area (Å²) >= 11 is 0. The zero-order chi connectivity index (χ0) is 80.1. The largest absolute Gasteiger partial charge is 0.212 e. The average molecular weight is 1500 g/mol. The van der Waals surface area contributed by atoms with Crippen LogP contribution >= 0.6 is 0 Å². The lowest BCUT2D eigenvalue weighted by molar-refractivity contribution is -0.659. The summed E-state index contributed by atoms with van der Waals surface area (Å²) in [5, 5.41) is 6.49. The fraction of sp³-hybridized carbons (Fsp3) is 0.551. The monoisotopic (exact) mass is 1500 g/mol. The fourth-order valence-corrected chi connectivity index (χ4v) is 23.3. The molecular formula is C98H156N4Si4+4. The van der Waals surface area contributed by atoms with Crippen molar-refractivity contribution in [3.8, 4) is 45.0 Å².